The summed E-state index contributed by atoms with van der Waals surface area (Å²) in [6.45, 7) is 2.70. The predicted molar refractivity (Wildman–Crippen MR) is 69.6 cm³/mol. The molecule has 0 spiro atoms. The van der Waals surface area contributed by atoms with E-state index < -0.39 is 0 Å². The van der Waals surface area contributed by atoms with Crippen molar-refractivity contribution in [3.63, 3.8) is 0 Å². The van der Waals surface area contributed by atoms with Crippen molar-refractivity contribution in [1.82, 2.24) is 24.0 Å². The van der Waals surface area contributed by atoms with Crippen LogP contribution in [0.2, 0.25) is 0 Å². The standard InChI is InChI=1S/C11H12N6S/c1-2-9-15-11(18-16-9)13-7-8-3-5-12-10-4-6-14-17(8)10/h3-6H,2,7H2,1H3,(H,13,15,16). The Kier molecular flexibility index (Phi) is 2.89. The van der Waals surface area contributed by atoms with Crippen molar-refractivity contribution in [2.24, 2.45) is 0 Å². The van der Waals surface area contributed by atoms with E-state index in [4.69, 9.17) is 0 Å². The van der Waals surface area contributed by atoms with Crippen molar-refractivity contribution in [1.29, 1.82) is 0 Å². The molecule has 0 aromatic carbocycles. The highest BCUT2D eigenvalue weighted by Gasteiger charge is 2.04. The summed E-state index contributed by atoms with van der Waals surface area (Å²) in [4.78, 5) is 8.58. The van der Waals surface area contributed by atoms with Crippen LogP contribution in [0.3, 0.4) is 0 Å². The van der Waals surface area contributed by atoms with Crippen LogP contribution in [0.25, 0.3) is 5.65 Å². The van der Waals surface area contributed by atoms with Crippen molar-refractivity contribution in [2.45, 2.75) is 19.9 Å². The molecule has 92 valence electrons. The van der Waals surface area contributed by atoms with Crippen LogP contribution in [0.5, 0.6) is 0 Å². The fraction of sp³-hybridized carbons (Fsp3) is 0.273. The van der Waals surface area contributed by atoms with Crippen molar-refractivity contribution in [2.75, 3.05) is 5.32 Å². The molecule has 1 N–H and O–H groups in total. The summed E-state index contributed by atoms with van der Waals surface area (Å²) in [5.74, 6) is 0.876. The third kappa shape index (κ3) is 2.04. The molecular weight excluding hydrogens is 248 g/mol. The molecule has 0 aliphatic rings. The van der Waals surface area contributed by atoms with Crippen LogP contribution < -0.4 is 5.32 Å². The normalized spacial score (nSPS) is 10.9. The smallest absolute Gasteiger partial charge is 0.202 e. The Labute approximate surface area is 108 Å². The number of fused-ring (bicyclic) bond motifs is 1. The number of nitrogens with one attached hydrogen (secondary N) is 1. The van der Waals surface area contributed by atoms with Gasteiger partial charge in [-0.1, -0.05) is 6.92 Å². The van der Waals surface area contributed by atoms with Gasteiger partial charge in [0.2, 0.25) is 5.13 Å². The van der Waals surface area contributed by atoms with Crippen LogP contribution in [0.15, 0.2) is 24.5 Å². The Bertz CT molecular complexity index is 658. The Morgan fingerprint density at radius 1 is 1.33 bits per heavy atom. The van der Waals surface area contributed by atoms with Gasteiger partial charge in [0.05, 0.1) is 18.4 Å². The van der Waals surface area contributed by atoms with Crippen molar-refractivity contribution < 1.29 is 0 Å². The Morgan fingerprint density at radius 2 is 2.28 bits per heavy atom. The summed E-state index contributed by atoms with van der Waals surface area (Å²) >= 11 is 1.38. The molecule has 0 saturated heterocycles. The van der Waals surface area contributed by atoms with E-state index in [1.54, 1.807) is 12.4 Å². The molecule has 3 aromatic rings. The summed E-state index contributed by atoms with van der Waals surface area (Å²) in [6.07, 6.45) is 4.38. The molecule has 0 bridgehead atoms. The molecule has 7 heteroatoms. The maximum absolute atomic E-state index is 4.36. The Hall–Kier alpha value is -2.02. The minimum Gasteiger partial charge on any atom is -0.355 e. The Morgan fingerprint density at radius 3 is 3.11 bits per heavy atom. The molecule has 3 rings (SSSR count). The lowest BCUT2D eigenvalue weighted by Crippen LogP contribution is -2.06. The van der Waals surface area contributed by atoms with Gasteiger partial charge in [-0.3, -0.25) is 0 Å². The van der Waals surface area contributed by atoms with Gasteiger partial charge in [-0.25, -0.2) is 14.5 Å². The van der Waals surface area contributed by atoms with E-state index in [1.165, 1.54) is 11.5 Å². The fourth-order valence-electron chi connectivity index (χ4n) is 1.66. The number of nitrogens with zero attached hydrogens (tertiary/aromatic N) is 5. The van der Waals surface area contributed by atoms with Crippen molar-refractivity contribution >= 4 is 22.3 Å². The van der Waals surface area contributed by atoms with Gasteiger partial charge in [0.15, 0.2) is 5.65 Å². The van der Waals surface area contributed by atoms with Crippen LogP contribution in [0.1, 0.15) is 18.4 Å². The van der Waals surface area contributed by atoms with E-state index in [1.807, 2.05) is 23.6 Å². The first kappa shape index (κ1) is 11.1. The first-order chi connectivity index (χ1) is 8.86. The summed E-state index contributed by atoms with van der Waals surface area (Å²) < 4.78 is 6.05. The van der Waals surface area contributed by atoms with Crippen molar-refractivity contribution in [3.8, 4) is 0 Å². The van der Waals surface area contributed by atoms with Crippen LogP contribution in [0.4, 0.5) is 5.13 Å². The maximum Gasteiger partial charge on any atom is 0.202 e. The van der Waals surface area contributed by atoms with Gasteiger partial charge in [0, 0.05) is 30.2 Å². The van der Waals surface area contributed by atoms with Crippen LogP contribution in [-0.4, -0.2) is 24.0 Å². The summed E-state index contributed by atoms with van der Waals surface area (Å²) in [5, 5.41) is 8.32. The molecule has 0 fully saturated rings. The molecule has 18 heavy (non-hydrogen) atoms. The maximum atomic E-state index is 4.36. The quantitative estimate of drug-likeness (QED) is 0.774. The number of aryl methyl sites for hydroxylation is 1. The first-order valence-corrected chi connectivity index (χ1v) is 6.48. The van der Waals surface area contributed by atoms with Gasteiger partial charge < -0.3 is 5.32 Å². The number of hydrogen-bond acceptors (Lipinski definition) is 6. The molecule has 0 unspecified atom stereocenters. The van der Waals surface area contributed by atoms with Crippen LogP contribution in [-0.2, 0) is 13.0 Å². The van der Waals surface area contributed by atoms with Gasteiger partial charge in [0.25, 0.3) is 0 Å². The minimum absolute atomic E-state index is 0.652. The molecule has 0 amide bonds. The van der Waals surface area contributed by atoms with Crippen LogP contribution in [0, 0.1) is 0 Å². The van der Waals surface area contributed by atoms with Gasteiger partial charge in [-0.05, 0) is 6.07 Å². The second kappa shape index (κ2) is 4.69. The lowest BCUT2D eigenvalue weighted by molar-refractivity contribution is 0.852. The lowest BCUT2D eigenvalue weighted by atomic mass is 10.4. The zero-order valence-electron chi connectivity index (χ0n) is 9.87. The summed E-state index contributed by atoms with van der Waals surface area (Å²) in [6, 6.07) is 3.82. The molecule has 6 nitrogen and oxygen atoms in total. The van der Waals surface area contributed by atoms with Gasteiger partial charge in [0.1, 0.15) is 5.82 Å². The zero-order chi connectivity index (χ0) is 12.4. The monoisotopic (exact) mass is 260 g/mol. The highest BCUT2D eigenvalue weighted by atomic mass is 32.1. The highest BCUT2D eigenvalue weighted by molar-refractivity contribution is 7.09. The average molecular weight is 260 g/mol. The number of aromatic nitrogens is 5. The van der Waals surface area contributed by atoms with E-state index in [0.29, 0.717) is 6.54 Å². The third-order valence-electron chi connectivity index (χ3n) is 2.57. The number of rotatable bonds is 4. The zero-order valence-corrected chi connectivity index (χ0v) is 10.7. The average Bonchev–Trinajstić information content (AvgIpc) is 3.05. The van der Waals surface area contributed by atoms with E-state index in [0.717, 1.165) is 28.7 Å². The fourth-order valence-corrected chi connectivity index (χ4v) is 2.30. The summed E-state index contributed by atoms with van der Waals surface area (Å²) in [7, 11) is 0. The van der Waals surface area contributed by atoms with E-state index in [2.05, 4.69) is 24.8 Å². The number of anilines is 1. The predicted octanol–water partition coefficient (Wildman–Crippen LogP) is 1.76. The van der Waals surface area contributed by atoms with Crippen molar-refractivity contribution in [3.05, 3.63) is 36.0 Å². The SMILES string of the molecule is CCc1nsc(NCc2ccnc3ccnn23)n1. The van der Waals surface area contributed by atoms with Gasteiger partial charge >= 0.3 is 0 Å². The molecule has 0 aliphatic carbocycles. The van der Waals surface area contributed by atoms with Crippen LogP contribution >= 0.6 is 11.5 Å². The van der Waals surface area contributed by atoms with Gasteiger partial charge in [-0.2, -0.15) is 9.47 Å². The largest absolute Gasteiger partial charge is 0.355 e. The third-order valence-corrected chi connectivity index (χ3v) is 3.28. The summed E-state index contributed by atoms with van der Waals surface area (Å²) in [5.41, 5.74) is 1.89. The molecule has 0 saturated carbocycles. The van der Waals surface area contributed by atoms with E-state index in [9.17, 15) is 0 Å². The van der Waals surface area contributed by atoms with Gasteiger partial charge in [-0.15, -0.1) is 0 Å². The Balaban J connectivity index is 1.78. The number of hydrogen-bond donors (Lipinski definition) is 1. The lowest BCUT2D eigenvalue weighted by Gasteiger charge is -2.04. The van der Waals surface area contributed by atoms with E-state index in [-0.39, 0.29) is 0 Å². The second-order valence-electron chi connectivity index (χ2n) is 3.76. The topological polar surface area (TPSA) is 68.0 Å². The molecule has 3 heterocycles. The molecule has 0 atom stereocenters. The molecular formula is C11H12N6S. The highest BCUT2D eigenvalue weighted by Crippen LogP contribution is 2.13. The first-order valence-electron chi connectivity index (χ1n) is 5.71. The second-order valence-corrected chi connectivity index (χ2v) is 4.51. The molecule has 0 radical (unpaired) electrons. The minimum atomic E-state index is 0.652. The molecule has 3 aromatic heterocycles. The van der Waals surface area contributed by atoms with E-state index >= 15 is 0 Å². The molecule has 0 aliphatic heterocycles.